The van der Waals surface area contributed by atoms with Gasteiger partial charge in [0.25, 0.3) is 5.82 Å². The van der Waals surface area contributed by atoms with Gasteiger partial charge in [-0.15, -0.1) is 0 Å². The first-order valence-electron chi connectivity index (χ1n) is 5.14. The van der Waals surface area contributed by atoms with Crippen LogP contribution in [0, 0.1) is 10.1 Å². The van der Waals surface area contributed by atoms with E-state index in [0.29, 0.717) is 0 Å². The van der Waals surface area contributed by atoms with Crippen molar-refractivity contribution in [1.82, 2.24) is 4.98 Å². The van der Waals surface area contributed by atoms with E-state index in [1.807, 2.05) is 0 Å². The summed E-state index contributed by atoms with van der Waals surface area (Å²) in [6.45, 7) is 0. The Morgan fingerprint density at radius 2 is 2.17 bits per heavy atom. The van der Waals surface area contributed by atoms with Gasteiger partial charge in [0.2, 0.25) is 10.0 Å². The number of hydrogen-bond donors (Lipinski definition) is 1. The summed E-state index contributed by atoms with van der Waals surface area (Å²) in [4.78, 5) is 13.6. The standard InChI is InChI=1S/C9H11N3O5S/c1-18(15,16)11-8-4-7(17-6-2-3-6)5-9(10-8)12(13)14/h4-6H,2-3H2,1H3,(H,10,11). The van der Waals surface area contributed by atoms with E-state index < -0.39 is 20.8 Å². The average molecular weight is 273 g/mol. The Kier molecular flexibility index (Phi) is 3.07. The summed E-state index contributed by atoms with van der Waals surface area (Å²) in [5.41, 5.74) is 0. The molecule has 1 fully saturated rings. The molecule has 1 aromatic heterocycles. The molecule has 9 heteroatoms. The molecule has 1 aliphatic carbocycles. The maximum atomic E-state index is 11.1. The maximum absolute atomic E-state index is 11.1. The quantitative estimate of drug-likeness (QED) is 0.630. The lowest BCUT2D eigenvalue weighted by Gasteiger charge is -2.05. The molecule has 1 N–H and O–H groups in total. The summed E-state index contributed by atoms with van der Waals surface area (Å²) in [5, 5.41) is 10.7. The molecule has 18 heavy (non-hydrogen) atoms. The second-order valence-corrected chi connectivity index (χ2v) is 5.74. The van der Waals surface area contributed by atoms with Crippen LogP contribution < -0.4 is 9.46 Å². The van der Waals surface area contributed by atoms with Gasteiger partial charge in [-0.25, -0.2) is 13.1 Å². The summed E-state index contributed by atoms with van der Waals surface area (Å²) in [6.07, 6.45) is 2.78. The van der Waals surface area contributed by atoms with E-state index in [0.717, 1.165) is 19.1 Å². The molecule has 1 heterocycles. The predicted molar refractivity (Wildman–Crippen MR) is 63.0 cm³/mol. The first-order chi connectivity index (χ1) is 8.33. The van der Waals surface area contributed by atoms with E-state index in [1.165, 1.54) is 12.1 Å². The Balaban J connectivity index is 2.32. The smallest absolute Gasteiger partial charge is 0.369 e. The van der Waals surface area contributed by atoms with Gasteiger partial charge < -0.3 is 14.9 Å². The molecule has 1 saturated carbocycles. The lowest BCUT2D eigenvalue weighted by Crippen LogP contribution is -2.11. The number of hydrogen-bond acceptors (Lipinski definition) is 6. The summed E-state index contributed by atoms with van der Waals surface area (Å²) in [6, 6.07) is 2.50. The third-order valence-corrected chi connectivity index (χ3v) is 2.67. The average Bonchev–Trinajstić information content (AvgIpc) is 2.98. The minimum atomic E-state index is -3.54. The zero-order valence-electron chi connectivity index (χ0n) is 9.49. The second-order valence-electron chi connectivity index (χ2n) is 3.99. The Labute approximate surface area is 103 Å². The van der Waals surface area contributed by atoms with Gasteiger partial charge in [-0.1, -0.05) is 0 Å². The number of nitro groups is 1. The third-order valence-electron chi connectivity index (χ3n) is 2.09. The van der Waals surface area contributed by atoms with Crippen LogP contribution in [0.4, 0.5) is 11.6 Å². The maximum Gasteiger partial charge on any atom is 0.369 e. The van der Waals surface area contributed by atoms with Gasteiger partial charge in [0, 0.05) is 0 Å². The molecule has 1 aliphatic rings. The van der Waals surface area contributed by atoms with Gasteiger partial charge in [0.15, 0.2) is 0 Å². The zero-order valence-corrected chi connectivity index (χ0v) is 10.3. The molecule has 0 bridgehead atoms. The molecule has 0 aromatic carbocycles. The van der Waals surface area contributed by atoms with Gasteiger partial charge in [-0.3, -0.25) is 0 Å². The molecule has 98 valence electrons. The van der Waals surface area contributed by atoms with Crippen molar-refractivity contribution in [3.8, 4) is 5.75 Å². The summed E-state index contributed by atoms with van der Waals surface area (Å²) in [7, 11) is -3.54. The lowest BCUT2D eigenvalue weighted by molar-refractivity contribution is -0.389. The van der Waals surface area contributed by atoms with Crippen LogP contribution in [0.2, 0.25) is 0 Å². The minimum Gasteiger partial charge on any atom is -0.490 e. The zero-order chi connectivity index (χ0) is 13.3. The highest BCUT2D eigenvalue weighted by molar-refractivity contribution is 7.92. The minimum absolute atomic E-state index is 0.0538. The van der Waals surface area contributed by atoms with Crippen molar-refractivity contribution >= 4 is 21.7 Å². The molecule has 0 aliphatic heterocycles. The van der Waals surface area contributed by atoms with Crippen LogP contribution in [0.3, 0.4) is 0 Å². The Bertz CT molecular complexity index is 582. The second kappa shape index (κ2) is 4.41. The number of ether oxygens (including phenoxy) is 1. The topological polar surface area (TPSA) is 111 Å². The molecule has 0 spiro atoms. The van der Waals surface area contributed by atoms with Gasteiger partial charge in [0.1, 0.15) is 5.75 Å². The van der Waals surface area contributed by atoms with Gasteiger partial charge >= 0.3 is 5.82 Å². The van der Waals surface area contributed by atoms with Crippen molar-refractivity contribution in [2.24, 2.45) is 0 Å². The van der Waals surface area contributed by atoms with Crippen molar-refractivity contribution in [2.75, 3.05) is 11.0 Å². The fourth-order valence-corrected chi connectivity index (χ4v) is 1.76. The van der Waals surface area contributed by atoms with Crippen LogP contribution in [-0.2, 0) is 10.0 Å². The fourth-order valence-electron chi connectivity index (χ4n) is 1.27. The first-order valence-corrected chi connectivity index (χ1v) is 7.03. The largest absolute Gasteiger partial charge is 0.490 e. The van der Waals surface area contributed by atoms with Crippen LogP contribution in [0.1, 0.15) is 12.8 Å². The highest BCUT2D eigenvalue weighted by atomic mass is 32.2. The molecule has 0 amide bonds. The van der Waals surface area contributed by atoms with Crippen molar-refractivity contribution in [3.05, 3.63) is 22.2 Å². The molecular weight excluding hydrogens is 262 g/mol. The molecule has 8 nitrogen and oxygen atoms in total. The van der Waals surface area contributed by atoms with Crippen LogP contribution in [0.15, 0.2) is 12.1 Å². The van der Waals surface area contributed by atoms with Gasteiger partial charge in [-0.2, -0.15) is 0 Å². The Morgan fingerprint density at radius 3 is 2.67 bits per heavy atom. The molecular formula is C9H11N3O5S. The first kappa shape index (κ1) is 12.6. The summed E-state index contributed by atoms with van der Waals surface area (Å²) < 4.78 is 29.6. The highest BCUT2D eigenvalue weighted by Crippen LogP contribution is 2.30. The van der Waals surface area contributed by atoms with Crippen molar-refractivity contribution in [1.29, 1.82) is 0 Å². The number of nitrogens with zero attached hydrogens (tertiary/aromatic N) is 2. The number of sulfonamides is 1. The Morgan fingerprint density at radius 1 is 1.50 bits per heavy atom. The van der Waals surface area contributed by atoms with E-state index in [9.17, 15) is 18.5 Å². The number of anilines is 1. The molecule has 0 atom stereocenters. The Hall–Kier alpha value is -1.90. The highest BCUT2D eigenvalue weighted by Gasteiger charge is 2.25. The SMILES string of the molecule is CS(=O)(=O)Nc1cc(OC2CC2)cc([N+](=O)[O-])n1. The number of pyridine rings is 1. The number of rotatable bonds is 5. The molecule has 0 radical (unpaired) electrons. The van der Waals surface area contributed by atoms with Crippen LogP contribution >= 0.6 is 0 Å². The lowest BCUT2D eigenvalue weighted by atomic mass is 10.4. The van der Waals surface area contributed by atoms with Gasteiger partial charge in [-0.05, 0) is 22.7 Å². The van der Waals surface area contributed by atoms with Crippen molar-refractivity contribution < 1.29 is 18.1 Å². The summed E-state index contributed by atoms with van der Waals surface area (Å²) >= 11 is 0. The fraction of sp³-hybridized carbons (Fsp3) is 0.444. The van der Waals surface area contributed by atoms with E-state index in [-0.39, 0.29) is 17.7 Å². The van der Waals surface area contributed by atoms with E-state index in [2.05, 4.69) is 9.71 Å². The van der Waals surface area contributed by atoms with E-state index in [1.54, 1.807) is 0 Å². The molecule has 0 saturated heterocycles. The van der Waals surface area contributed by atoms with Crippen LogP contribution in [0.5, 0.6) is 5.75 Å². The summed E-state index contributed by atoms with van der Waals surface area (Å²) in [5.74, 6) is -0.341. The van der Waals surface area contributed by atoms with Gasteiger partial charge in [0.05, 0.1) is 24.5 Å². The van der Waals surface area contributed by atoms with Crippen LogP contribution in [-0.4, -0.2) is 30.7 Å². The third kappa shape index (κ3) is 3.55. The van der Waals surface area contributed by atoms with E-state index >= 15 is 0 Å². The normalized spacial score (nSPS) is 15.2. The van der Waals surface area contributed by atoms with Crippen LogP contribution in [0.25, 0.3) is 0 Å². The van der Waals surface area contributed by atoms with Crippen molar-refractivity contribution in [3.63, 3.8) is 0 Å². The number of nitrogens with one attached hydrogen (secondary N) is 1. The molecule has 2 rings (SSSR count). The predicted octanol–water partition coefficient (Wildman–Crippen LogP) is 0.902. The van der Waals surface area contributed by atoms with Crippen molar-refractivity contribution in [2.45, 2.75) is 18.9 Å². The monoisotopic (exact) mass is 273 g/mol. The molecule has 0 unspecified atom stereocenters. The van der Waals surface area contributed by atoms with E-state index in [4.69, 9.17) is 4.74 Å². The molecule has 1 aromatic rings. The number of aromatic nitrogens is 1.